The Morgan fingerprint density at radius 2 is 1.61 bits per heavy atom. The lowest BCUT2D eigenvalue weighted by Gasteiger charge is -2.62. The molecule has 2 N–H and O–H groups in total. The normalized spacial score (nSPS) is 41.7. The van der Waals surface area contributed by atoms with E-state index in [1.54, 1.807) is 20.8 Å². The van der Waals surface area contributed by atoms with Crippen LogP contribution in [0.15, 0.2) is 0 Å². The molecule has 4 rings (SSSR count). The van der Waals surface area contributed by atoms with E-state index in [0.29, 0.717) is 38.5 Å². The van der Waals surface area contributed by atoms with Crippen LogP contribution in [-0.2, 0) is 19.1 Å². The maximum absolute atomic E-state index is 12.1. The van der Waals surface area contributed by atoms with Gasteiger partial charge in [-0.3, -0.25) is 4.79 Å². The summed E-state index contributed by atoms with van der Waals surface area (Å²) in [5.41, 5.74) is -3.40. The summed E-state index contributed by atoms with van der Waals surface area (Å²) in [4.78, 5) is 23.8. The first-order valence-electron chi connectivity index (χ1n) is 8.27. The molecule has 0 saturated heterocycles. The van der Waals surface area contributed by atoms with E-state index in [-0.39, 0.29) is 5.92 Å². The van der Waals surface area contributed by atoms with Gasteiger partial charge in [-0.2, -0.15) is 0 Å². The van der Waals surface area contributed by atoms with Crippen LogP contribution in [0.2, 0.25) is 0 Å². The van der Waals surface area contributed by atoms with Crippen molar-refractivity contribution in [2.75, 3.05) is 6.61 Å². The molecule has 6 nitrogen and oxygen atoms in total. The molecule has 2 atom stereocenters. The second kappa shape index (κ2) is 4.93. The molecule has 23 heavy (non-hydrogen) atoms. The summed E-state index contributed by atoms with van der Waals surface area (Å²) in [6, 6.07) is 0. The molecule has 4 aliphatic carbocycles. The molecular weight excluding hydrogens is 300 g/mol. The van der Waals surface area contributed by atoms with Crippen LogP contribution in [0, 0.1) is 11.3 Å². The second-order valence-electron chi connectivity index (χ2n) is 8.94. The van der Waals surface area contributed by atoms with E-state index < -0.39 is 40.8 Å². The summed E-state index contributed by atoms with van der Waals surface area (Å²) >= 11 is 0. The molecule has 4 bridgehead atoms. The summed E-state index contributed by atoms with van der Waals surface area (Å²) in [5, 5.41) is 21.3. The largest absolute Gasteiger partial charge is 0.456 e. The Morgan fingerprint density at radius 1 is 1.04 bits per heavy atom. The number of aliphatic hydroxyl groups is 2. The van der Waals surface area contributed by atoms with Crippen LogP contribution in [0.1, 0.15) is 59.3 Å². The zero-order valence-electron chi connectivity index (χ0n) is 14.1. The molecule has 0 aromatic carbocycles. The standard InChI is InChI=1S/C17H26O6/c1-14(2,3)13(19)22-7-12(18)23-17-6-11-4-15(20,9-17)8-16(21,5-11)10-17/h11,20-21H,4-10H2,1-3H3. The molecule has 130 valence electrons. The van der Waals surface area contributed by atoms with Crippen LogP contribution in [0.3, 0.4) is 0 Å². The molecule has 0 aromatic rings. The number of carbonyl (C=O) groups is 2. The second-order valence-corrected chi connectivity index (χ2v) is 8.94. The van der Waals surface area contributed by atoms with Gasteiger partial charge in [0.1, 0.15) is 5.60 Å². The third kappa shape index (κ3) is 3.24. The van der Waals surface area contributed by atoms with Crippen LogP contribution in [-0.4, -0.2) is 45.6 Å². The Kier molecular flexibility index (Phi) is 3.58. The van der Waals surface area contributed by atoms with Crippen molar-refractivity contribution in [1.82, 2.24) is 0 Å². The molecule has 2 unspecified atom stereocenters. The first kappa shape index (κ1) is 16.7. The first-order valence-corrected chi connectivity index (χ1v) is 8.27. The van der Waals surface area contributed by atoms with E-state index >= 15 is 0 Å². The number of ether oxygens (including phenoxy) is 2. The SMILES string of the molecule is CC(C)(C)C(=O)OCC(=O)OC12CC3CC(O)(CC(O)(C3)C1)C2. The highest BCUT2D eigenvalue weighted by Crippen LogP contribution is 2.60. The van der Waals surface area contributed by atoms with Crippen LogP contribution in [0.25, 0.3) is 0 Å². The van der Waals surface area contributed by atoms with Gasteiger partial charge >= 0.3 is 11.9 Å². The van der Waals surface area contributed by atoms with Crippen LogP contribution >= 0.6 is 0 Å². The maximum atomic E-state index is 12.1. The lowest BCUT2D eigenvalue weighted by atomic mass is 9.50. The van der Waals surface area contributed by atoms with Gasteiger partial charge in [-0.15, -0.1) is 0 Å². The minimum Gasteiger partial charge on any atom is -0.456 e. The molecular formula is C17H26O6. The zero-order chi connectivity index (χ0) is 17.1. The third-order valence-corrected chi connectivity index (χ3v) is 5.22. The van der Waals surface area contributed by atoms with E-state index in [9.17, 15) is 19.8 Å². The highest BCUT2D eigenvalue weighted by atomic mass is 16.6. The fourth-order valence-electron chi connectivity index (χ4n) is 4.98. The molecule has 0 heterocycles. The van der Waals surface area contributed by atoms with Crippen molar-refractivity contribution in [3.63, 3.8) is 0 Å². The minimum absolute atomic E-state index is 0.172. The van der Waals surface area contributed by atoms with Gasteiger partial charge in [-0.1, -0.05) is 0 Å². The van der Waals surface area contributed by atoms with E-state index in [2.05, 4.69) is 0 Å². The molecule has 4 aliphatic rings. The lowest BCUT2D eigenvalue weighted by Crippen LogP contribution is -2.67. The monoisotopic (exact) mass is 326 g/mol. The van der Waals surface area contributed by atoms with Gasteiger partial charge in [0, 0.05) is 19.3 Å². The fraction of sp³-hybridized carbons (Fsp3) is 0.882. The van der Waals surface area contributed by atoms with Crippen LogP contribution in [0.4, 0.5) is 0 Å². The average molecular weight is 326 g/mol. The number of esters is 2. The van der Waals surface area contributed by atoms with Gasteiger partial charge in [0.05, 0.1) is 16.6 Å². The summed E-state index contributed by atoms with van der Waals surface area (Å²) in [6.45, 7) is 4.71. The molecule has 0 radical (unpaired) electrons. The molecule has 0 amide bonds. The number of rotatable bonds is 3. The Balaban J connectivity index is 1.64. The Hall–Kier alpha value is -1.14. The number of hydrogen-bond acceptors (Lipinski definition) is 6. The lowest BCUT2D eigenvalue weighted by molar-refractivity contribution is -0.262. The maximum Gasteiger partial charge on any atom is 0.344 e. The van der Waals surface area contributed by atoms with Crippen molar-refractivity contribution in [3.8, 4) is 0 Å². The van der Waals surface area contributed by atoms with Crippen LogP contribution in [0.5, 0.6) is 0 Å². The van der Waals surface area contributed by atoms with E-state index in [4.69, 9.17) is 9.47 Å². The van der Waals surface area contributed by atoms with Crippen molar-refractivity contribution >= 4 is 11.9 Å². The first-order chi connectivity index (χ1) is 10.4. The minimum atomic E-state index is -0.948. The summed E-state index contributed by atoms with van der Waals surface area (Å²) in [5.74, 6) is -0.903. The molecule has 4 saturated carbocycles. The molecule has 0 spiro atoms. The van der Waals surface area contributed by atoms with Gasteiger partial charge in [0.25, 0.3) is 0 Å². The van der Waals surface area contributed by atoms with Crippen molar-refractivity contribution in [2.45, 2.75) is 76.1 Å². The Morgan fingerprint density at radius 3 is 2.09 bits per heavy atom. The number of hydrogen-bond donors (Lipinski definition) is 2. The van der Waals surface area contributed by atoms with Crippen molar-refractivity contribution < 1.29 is 29.3 Å². The Bertz CT molecular complexity index is 516. The summed E-state index contributed by atoms with van der Waals surface area (Å²) in [6.07, 6.45) is 3.06. The molecule has 4 fully saturated rings. The van der Waals surface area contributed by atoms with Crippen molar-refractivity contribution in [2.24, 2.45) is 11.3 Å². The predicted molar refractivity (Wildman–Crippen MR) is 80.3 cm³/mol. The van der Waals surface area contributed by atoms with Crippen LogP contribution < -0.4 is 0 Å². The van der Waals surface area contributed by atoms with Crippen molar-refractivity contribution in [1.29, 1.82) is 0 Å². The van der Waals surface area contributed by atoms with Gasteiger partial charge in [-0.05, 0) is 46.0 Å². The smallest absolute Gasteiger partial charge is 0.344 e. The molecule has 0 aliphatic heterocycles. The number of carbonyl (C=O) groups excluding carboxylic acids is 2. The summed E-state index contributed by atoms with van der Waals surface area (Å²) < 4.78 is 10.6. The van der Waals surface area contributed by atoms with E-state index in [1.807, 2.05) is 0 Å². The van der Waals surface area contributed by atoms with Gasteiger partial charge < -0.3 is 19.7 Å². The summed E-state index contributed by atoms with van der Waals surface area (Å²) in [7, 11) is 0. The van der Waals surface area contributed by atoms with E-state index in [0.717, 1.165) is 0 Å². The van der Waals surface area contributed by atoms with Gasteiger partial charge in [0.15, 0.2) is 6.61 Å². The highest BCUT2D eigenvalue weighted by molar-refractivity contribution is 5.79. The Labute approximate surface area is 136 Å². The fourth-order valence-corrected chi connectivity index (χ4v) is 4.98. The zero-order valence-corrected chi connectivity index (χ0v) is 14.1. The molecule has 0 aromatic heterocycles. The van der Waals surface area contributed by atoms with Gasteiger partial charge in [0.2, 0.25) is 0 Å². The van der Waals surface area contributed by atoms with E-state index in [1.165, 1.54) is 0 Å². The predicted octanol–water partition coefficient (Wildman–Crippen LogP) is 1.32. The third-order valence-electron chi connectivity index (χ3n) is 5.22. The van der Waals surface area contributed by atoms with Gasteiger partial charge in [-0.25, -0.2) is 4.79 Å². The topological polar surface area (TPSA) is 93.1 Å². The molecule has 6 heteroatoms. The van der Waals surface area contributed by atoms with Crippen molar-refractivity contribution in [3.05, 3.63) is 0 Å². The highest BCUT2D eigenvalue weighted by Gasteiger charge is 2.64. The average Bonchev–Trinajstić information content (AvgIpc) is 2.29. The quantitative estimate of drug-likeness (QED) is 0.760.